The molecule has 0 aromatic rings. The molecule has 1 rings (SSSR count). The van der Waals surface area contributed by atoms with Crippen molar-refractivity contribution >= 4 is 0 Å². The normalized spacial score (nSPS) is 12.3. The molecule has 2 nitrogen and oxygen atoms in total. The van der Waals surface area contributed by atoms with Crippen LogP contribution in [0.3, 0.4) is 0 Å². The van der Waals surface area contributed by atoms with Crippen molar-refractivity contribution in [3.63, 3.8) is 0 Å². The molecule has 0 amide bonds. The molecule has 1 aliphatic carbocycles. The summed E-state index contributed by atoms with van der Waals surface area (Å²) >= 11 is 2.14. The third-order valence-electron chi connectivity index (χ3n) is 0.771. The number of allylic oxidation sites excluding steroid dienone is 4. The number of hydrogen-bond acceptors (Lipinski definition) is 0. The first-order chi connectivity index (χ1) is 5.72. The first-order valence-corrected chi connectivity index (χ1v) is 4.54. The Balaban J connectivity index is 0. The van der Waals surface area contributed by atoms with E-state index in [-0.39, 0.29) is 0 Å². The molecule has 0 saturated carbocycles. The van der Waals surface area contributed by atoms with Gasteiger partial charge in [-0.3, -0.25) is 0 Å². The fourth-order valence-corrected chi connectivity index (χ4v) is 0.782. The van der Waals surface area contributed by atoms with Gasteiger partial charge in [0.1, 0.15) is 0 Å². The van der Waals surface area contributed by atoms with Crippen LogP contribution in [0, 0.1) is 0 Å². The number of hydrogen-bond donors (Lipinski definition) is 0. The summed E-state index contributed by atoms with van der Waals surface area (Å²) in [5, 5.41) is 7.00. The Morgan fingerprint density at radius 2 is 1.58 bits per heavy atom. The molecule has 0 heterocycles. The van der Waals surface area contributed by atoms with Crippen molar-refractivity contribution in [3.05, 3.63) is 32.7 Å². The summed E-state index contributed by atoms with van der Waals surface area (Å²) in [7, 11) is 7.00. The van der Waals surface area contributed by atoms with Crippen LogP contribution in [0.2, 0.25) is 0 Å². The van der Waals surface area contributed by atoms with Gasteiger partial charge in [0, 0.05) is 0 Å². The molecule has 0 bridgehead atoms. The second kappa shape index (κ2) is 13.7. The summed E-state index contributed by atoms with van der Waals surface area (Å²) in [5.74, 6) is 0. The van der Waals surface area contributed by atoms with Crippen molar-refractivity contribution in [2.75, 3.05) is 28.2 Å². The van der Waals surface area contributed by atoms with Crippen LogP contribution in [-0.2, 0) is 20.4 Å². The van der Waals surface area contributed by atoms with Crippen LogP contribution in [0.5, 0.6) is 0 Å². The van der Waals surface area contributed by atoms with E-state index in [0.717, 1.165) is 0 Å². The molecule has 67 valence electrons. The van der Waals surface area contributed by atoms with Crippen molar-refractivity contribution in [3.8, 4) is 0 Å². The molecular weight excluding hydrogens is 184 g/mol. The Hall–Kier alpha value is 0.114. The summed E-state index contributed by atoms with van der Waals surface area (Å²) in [6.07, 6.45) is 7.56. The fraction of sp³-hybridized carbons (Fsp3) is 0.556. The molecule has 0 saturated heterocycles. The quantitative estimate of drug-likeness (QED) is 0.539. The van der Waals surface area contributed by atoms with E-state index in [1.165, 1.54) is 10.3 Å². The molecule has 0 atom stereocenters. The Morgan fingerprint density at radius 3 is 1.67 bits per heavy atom. The third kappa shape index (κ3) is 16.6. The van der Waals surface area contributed by atoms with Crippen LogP contribution in [0.25, 0.3) is 10.6 Å². The summed E-state index contributed by atoms with van der Waals surface area (Å²) in [5.41, 5.74) is 0. The van der Waals surface area contributed by atoms with E-state index in [4.69, 9.17) is 0 Å². The summed E-state index contributed by atoms with van der Waals surface area (Å²) in [6, 6.07) is 0. The van der Waals surface area contributed by atoms with E-state index in [0.29, 0.717) is 0 Å². The molecule has 0 aliphatic heterocycles. The summed E-state index contributed by atoms with van der Waals surface area (Å²) in [6.45, 7) is 0. The minimum absolute atomic E-state index is 1.17. The van der Waals surface area contributed by atoms with Crippen molar-refractivity contribution in [1.29, 1.82) is 0 Å². The second-order valence-electron chi connectivity index (χ2n) is 2.22. The zero-order valence-corrected chi connectivity index (χ0v) is 9.90. The average Bonchev–Trinajstić information content (AvgIpc) is 2.43. The molecule has 12 heavy (non-hydrogen) atoms. The maximum absolute atomic E-state index is 3.50. The van der Waals surface area contributed by atoms with Crippen LogP contribution < -0.4 is 0 Å². The Kier molecular flexibility index (Phi) is 16.7. The van der Waals surface area contributed by atoms with Gasteiger partial charge in [0.2, 0.25) is 0 Å². The molecule has 0 spiro atoms. The van der Waals surface area contributed by atoms with E-state index >= 15 is 0 Å². The van der Waals surface area contributed by atoms with Gasteiger partial charge in [-0.2, -0.15) is 28.2 Å². The second-order valence-corrected chi connectivity index (χ2v) is 3.22. The predicted octanol–water partition coefficient (Wildman–Crippen LogP) is 2.62. The van der Waals surface area contributed by atoms with Crippen molar-refractivity contribution < 1.29 is 20.4 Å². The van der Waals surface area contributed by atoms with Crippen molar-refractivity contribution in [2.45, 2.75) is 6.42 Å². The Bertz CT molecular complexity index is 128. The monoisotopic (exact) mass is 201 g/mol. The SMILES string of the molecule is C[N-]C.C[N-]C.[Ti+2][C]1=CC=CC1. The van der Waals surface area contributed by atoms with Crippen LogP contribution in [0.15, 0.2) is 22.1 Å². The first-order valence-electron chi connectivity index (χ1n) is 3.76. The van der Waals surface area contributed by atoms with Crippen LogP contribution in [0.4, 0.5) is 0 Å². The van der Waals surface area contributed by atoms with Crippen LogP contribution in [0.1, 0.15) is 6.42 Å². The van der Waals surface area contributed by atoms with E-state index in [1.807, 2.05) is 0 Å². The molecule has 0 aromatic carbocycles. The van der Waals surface area contributed by atoms with Gasteiger partial charge in [0.15, 0.2) is 0 Å². The first kappa shape index (κ1) is 14.6. The van der Waals surface area contributed by atoms with E-state index in [1.54, 1.807) is 28.2 Å². The maximum atomic E-state index is 3.50. The average molecular weight is 201 g/mol. The van der Waals surface area contributed by atoms with Crippen LogP contribution in [-0.4, -0.2) is 28.2 Å². The number of nitrogens with zero attached hydrogens (tertiary/aromatic N) is 2. The van der Waals surface area contributed by atoms with Gasteiger partial charge >= 0.3 is 49.0 Å². The molecule has 0 unspecified atom stereocenters. The van der Waals surface area contributed by atoms with Crippen molar-refractivity contribution in [1.82, 2.24) is 0 Å². The van der Waals surface area contributed by atoms with Gasteiger partial charge in [-0.05, 0) is 0 Å². The van der Waals surface area contributed by atoms with Crippen LogP contribution >= 0.6 is 0 Å². The van der Waals surface area contributed by atoms with E-state index < -0.39 is 0 Å². The standard InChI is InChI=1S/C5H5.2C2H6N.Ti/c1-2-4-5-3-1;2*1-3-2;/h1-3H,4H2;2*1-2H3;/q;2*-1;+2. The van der Waals surface area contributed by atoms with Gasteiger partial charge in [-0.1, -0.05) is 0 Å². The minimum atomic E-state index is 1.17. The predicted molar refractivity (Wildman–Crippen MR) is 52.3 cm³/mol. The zero-order chi connectivity index (χ0) is 9.82. The Morgan fingerprint density at radius 1 is 1.17 bits per heavy atom. The van der Waals surface area contributed by atoms with Gasteiger partial charge < -0.3 is 10.6 Å². The summed E-state index contributed by atoms with van der Waals surface area (Å²) < 4.78 is 1.47. The molecule has 0 aromatic heterocycles. The molecule has 3 heteroatoms. The zero-order valence-electron chi connectivity index (χ0n) is 8.33. The van der Waals surface area contributed by atoms with Gasteiger partial charge in [-0.25, -0.2) is 0 Å². The molecule has 0 N–H and O–H groups in total. The van der Waals surface area contributed by atoms with Gasteiger partial charge in [0.05, 0.1) is 0 Å². The van der Waals surface area contributed by atoms with Gasteiger partial charge in [0.25, 0.3) is 0 Å². The fourth-order valence-electron chi connectivity index (χ4n) is 0.447. The van der Waals surface area contributed by atoms with Crippen molar-refractivity contribution in [2.24, 2.45) is 0 Å². The number of rotatable bonds is 0. The summed E-state index contributed by atoms with van der Waals surface area (Å²) in [4.78, 5) is 0. The third-order valence-corrected chi connectivity index (χ3v) is 1.35. The molecule has 0 fully saturated rings. The Labute approximate surface area is 87.9 Å². The topological polar surface area (TPSA) is 28.2 Å². The van der Waals surface area contributed by atoms with Gasteiger partial charge in [-0.15, -0.1) is 0 Å². The molecule has 0 radical (unpaired) electrons. The van der Waals surface area contributed by atoms with E-state index in [9.17, 15) is 0 Å². The van der Waals surface area contributed by atoms with E-state index in [2.05, 4.69) is 49.3 Å². The molecule has 1 aliphatic rings. The molecular formula is C9H17N2Ti.